The molecule has 348 valence electrons. The number of benzene rings is 4. The van der Waals surface area contributed by atoms with Gasteiger partial charge in [0.15, 0.2) is 12.6 Å². The number of rotatable bonds is 26. The van der Waals surface area contributed by atoms with Gasteiger partial charge in [-0.05, 0) is 143 Å². The highest BCUT2D eigenvalue weighted by Gasteiger charge is 2.15. The first-order valence-corrected chi connectivity index (χ1v) is 23.9. The van der Waals surface area contributed by atoms with Crippen LogP contribution in [0.2, 0.25) is 0 Å². The van der Waals surface area contributed by atoms with Gasteiger partial charge in [0.25, 0.3) is 0 Å². The zero-order chi connectivity index (χ0) is 44.9. The Labute approximate surface area is 382 Å². The van der Waals surface area contributed by atoms with Crippen LogP contribution in [0, 0.1) is 6.92 Å². The normalized spacial score (nSPS) is 16.0. The fourth-order valence-electron chi connectivity index (χ4n) is 7.40. The van der Waals surface area contributed by atoms with Gasteiger partial charge in [0.2, 0.25) is 0 Å². The summed E-state index contributed by atoms with van der Waals surface area (Å²) in [7, 11) is 0. The van der Waals surface area contributed by atoms with Crippen molar-refractivity contribution in [3.8, 4) is 34.1 Å². The topological polar surface area (TPSA) is 108 Å². The number of carbonyl (C=O) groups is 2. The second kappa shape index (κ2) is 30.4. The first-order valence-electron chi connectivity index (χ1n) is 23.9. The predicted octanol–water partition coefficient (Wildman–Crippen LogP) is 13.0. The van der Waals surface area contributed by atoms with E-state index in [0.717, 1.165) is 107 Å². The Kier molecular flexibility index (Phi) is 23.9. The van der Waals surface area contributed by atoms with Gasteiger partial charge in [-0.2, -0.15) is 0 Å². The van der Waals surface area contributed by atoms with Crippen molar-refractivity contribution in [2.75, 3.05) is 39.6 Å². The van der Waals surface area contributed by atoms with Crippen molar-refractivity contribution in [2.45, 2.75) is 142 Å². The second-order valence-corrected chi connectivity index (χ2v) is 16.6. The average molecular weight is 881 g/mol. The van der Waals surface area contributed by atoms with Crippen molar-refractivity contribution >= 4 is 11.9 Å². The molecule has 2 fully saturated rings. The number of hydrogen-bond donors (Lipinski definition) is 0. The van der Waals surface area contributed by atoms with Crippen LogP contribution in [0.4, 0.5) is 0 Å². The molecule has 0 amide bonds. The molecule has 2 unspecified atom stereocenters. The van der Waals surface area contributed by atoms with Crippen LogP contribution in [0.1, 0.15) is 138 Å². The van der Waals surface area contributed by atoms with Crippen LogP contribution in [-0.4, -0.2) is 64.2 Å². The summed E-state index contributed by atoms with van der Waals surface area (Å²) in [6.07, 6.45) is 21.2. The summed E-state index contributed by atoms with van der Waals surface area (Å²) in [5.74, 6) is 1.90. The van der Waals surface area contributed by atoms with Crippen molar-refractivity contribution in [3.05, 3.63) is 108 Å². The minimum absolute atomic E-state index is 0.0195. The minimum atomic E-state index is -0.424. The third-order valence-corrected chi connectivity index (χ3v) is 11.1. The molecule has 2 saturated heterocycles. The molecule has 2 aliphatic rings. The van der Waals surface area contributed by atoms with Crippen molar-refractivity contribution in [3.63, 3.8) is 0 Å². The fraction of sp³-hybridized carbons (Fsp3) is 0.519. The van der Waals surface area contributed by atoms with Crippen LogP contribution in [0.25, 0.3) is 11.1 Å². The van der Waals surface area contributed by atoms with Gasteiger partial charge in [0.05, 0.1) is 18.8 Å². The quantitative estimate of drug-likeness (QED) is 0.0344. The van der Waals surface area contributed by atoms with Gasteiger partial charge in [-0.3, -0.25) is 4.79 Å². The summed E-state index contributed by atoms with van der Waals surface area (Å²) in [6.45, 7) is 8.29. The maximum atomic E-state index is 12.6. The minimum Gasteiger partial charge on any atom is -0.494 e. The van der Waals surface area contributed by atoms with Gasteiger partial charge in [-0.1, -0.05) is 93.3 Å². The van der Waals surface area contributed by atoms with Crippen LogP contribution < -0.4 is 18.9 Å². The zero-order valence-corrected chi connectivity index (χ0v) is 38.4. The van der Waals surface area contributed by atoms with E-state index in [1.165, 1.54) is 76.7 Å². The van der Waals surface area contributed by atoms with Crippen molar-refractivity contribution in [1.29, 1.82) is 0 Å². The lowest BCUT2D eigenvalue weighted by Gasteiger charge is -2.22. The third kappa shape index (κ3) is 20.8. The Bertz CT molecular complexity index is 1830. The Hall–Kier alpha value is -4.74. The molecule has 2 aliphatic heterocycles. The van der Waals surface area contributed by atoms with Gasteiger partial charge in [-0.25, -0.2) is 4.79 Å². The lowest BCUT2D eigenvalue weighted by atomic mass is 10.1. The van der Waals surface area contributed by atoms with E-state index in [4.69, 9.17) is 37.9 Å². The van der Waals surface area contributed by atoms with E-state index < -0.39 is 5.97 Å². The van der Waals surface area contributed by atoms with E-state index >= 15 is 0 Å². The zero-order valence-electron chi connectivity index (χ0n) is 38.4. The van der Waals surface area contributed by atoms with Crippen LogP contribution in [-0.2, 0) is 23.7 Å². The summed E-state index contributed by atoms with van der Waals surface area (Å²) in [6, 6.07) is 29.8. The molecule has 10 nitrogen and oxygen atoms in total. The maximum absolute atomic E-state index is 12.6. The van der Waals surface area contributed by atoms with Crippen molar-refractivity contribution < 1.29 is 47.5 Å². The molecule has 2 heterocycles. The smallest absolute Gasteiger partial charge is 0.343 e. The first-order chi connectivity index (χ1) is 31.4. The molecule has 4 aromatic rings. The second-order valence-electron chi connectivity index (χ2n) is 16.6. The average Bonchev–Trinajstić information content (AvgIpc) is 3.32. The van der Waals surface area contributed by atoms with E-state index in [9.17, 15) is 9.59 Å². The van der Waals surface area contributed by atoms with Gasteiger partial charge < -0.3 is 37.9 Å². The number of esters is 2. The van der Waals surface area contributed by atoms with Gasteiger partial charge in [-0.15, -0.1) is 0 Å². The SMILES string of the molecule is CC(=O)Oc1ccc(-c2ccc(OC(=O)c3ccc(OCCCCCCCCOC4CCCCO4)cc3)cc2)cc1.Cc1ccc(OCCCCCCCCOC2CCCCO2)cc1. The molecule has 64 heavy (non-hydrogen) atoms. The number of ether oxygens (including phenoxy) is 8. The van der Waals surface area contributed by atoms with Gasteiger partial charge >= 0.3 is 11.9 Å². The number of carbonyl (C=O) groups excluding carboxylic acids is 2. The summed E-state index contributed by atoms with van der Waals surface area (Å²) in [5, 5.41) is 0. The van der Waals surface area contributed by atoms with E-state index in [0.29, 0.717) is 23.7 Å². The molecule has 0 spiro atoms. The van der Waals surface area contributed by atoms with Gasteiger partial charge in [0, 0.05) is 33.4 Å². The highest BCUT2D eigenvalue weighted by Crippen LogP contribution is 2.26. The van der Waals surface area contributed by atoms with Crippen LogP contribution in [0.15, 0.2) is 97.1 Å². The Morgan fingerprint density at radius 1 is 0.469 bits per heavy atom. The van der Waals surface area contributed by atoms with Crippen LogP contribution in [0.5, 0.6) is 23.0 Å². The Morgan fingerprint density at radius 2 is 0.859 bits per heavy atom. The largest absolute Gasteiger partial charge is 0.494 e. The fourth-order valence-corrected chi connectivity index (χ4v) is 7.40. The molecule has 0 aromatic heterocycles. The molecule has 0 saturated carbocycles. The lowest BCUT2D eigenvalue weighted by molar-refractivity contribution is -0.163. The number of hydrogen-bond acceptors (Lipinski definition) is 10. The molecule has 0 radical (unpaired) electrons. The molecule has 0 bridgehead atoms. The monoisotopic (exact) mass is 881 g/mol. The Balaban J connectivity index is 0.000000283. The predicted molar refractivity (Wildman–Crippen MR) is 251 cm³/mol. The lowest BCUT2D eigenvalue weighted by Crippen LogP contribution is -2.22. The summed E-state index contributed by atoms with van der Waals surface area (Å²) in [4.78, 5) is 23.7. The number of unbranched alkanes of at least 4 members (excludes halogenated alkanes) is 10. The van der Waals surface area contributed by atoms with Crippen molar-refractivity contribution in [1.82, 2.24) is 0 Å². The van der Waals surface area contributed by atoms with Gasteiger partial charge in [0.1, 0.15) is 23.0 Å². The summed E-state index contributed by atoms with van der Waals surface area (Å²) < 4.78 is 44.8. The molecular weight excluding hydrogens is 809 g/mol. The van der Waals surface area contributed by atoms with E-state index in [1.807, 2.05) is 36.4 Å². The summed E-state index contributed by atoms with van der Waals surface area (Å²) >= 11 is 0. The van der Waals surface area contributed by atoms with Crippen LogP contribution in [0.3, 0.4) is 0 Å². The first kappa shape index (κ1) is 50.3. The molecule has 4 aromatic carbocycles. The highest BCUT2D eigenvalue weighted by molar-refractivity contribution is 5.91. The third-order valence-electron chi connectivity index (χ3n) is 11.1. The molecule has 0 aliphatic carbocycles. The highest BCUT2D eigenvalue weighted by atomic mass is 16.7. The molecule has 6 rings (SSSR count). The standard InChI is InChI=1S/C34H40O7.C20H32O3/c1-26(35)40-31-19-11-27(12-20-31)28-13-21-32(22-14-28)41-34(36)29-15-17-30(18-16-29)37-23-7-4-2-3-5-8-24-38-33-10-6-9-25-39-33;1-18-11-13-19(14-12-18)21-15-7-4-2-3-5-8-16-22-20-10-6-9-17-23-20/h11-22,33H,2-10,23-25H2,1H3;11-14,20H,2-10,15-17H2,1H3. The van der Waals surface area contributed by atoms with E-state index in [1.54, 1.807) is 48.5 Å². The van der Waals surface area contributed by atoms with E-state index in [2.05, 4.69) is 19.1 Å². The molecule has 2 atom stereocenters. The number of aryl methyl sites for hydroxylation is 1. The van der Waals surface area contributed by atoms with Crippen LogP contribution >= 0.6 is 0 Å². The maximum Gasteiger partial charge on any atom is 0.343 e. The molecular formula is C54H72O10. The molecule has 10 heteroatoms. The van der Waals surface area contributed by atoms with E-state index in [-0.39, 0.29) is 18.5 Å². The Morgan fingerprint density at radius 3 is 1.28 bits per heavy atom. The summed E-state index contributed by atoms with van der Waals surface area (Å²) in [5.41, 5.74) is 3.65. The molecule has 0 N–H and O–H groups in total. The van der Waals surface area contributed by atoms with Crippen molar-refractivity contribution in [2.24, 2.45) is 0 Å².